The van der Waals surface area contributed by atoms with Gasteiger partial charge in [0.15, 0.2) is 6.61 Å². The van der Waals surface area contributed by atoms with E-state index in [9.17, 15) is 14.4 Å². The zero-order valence-corrected chi connectivity index (χ0v) is 14.3. The van der Waals surface area contributed by atoms with Crippen molar-refractivity contribution in [1.29, 1.82) is 0 Å². The summed E-state index contributed by atoms with van der Waals surface area (Å²) in [7, 11) is 0. The third kappa shape index (κ3) is 5.77. The van der Waals surface area contributed by atoms with Crippen molar-refractivity contribution in [3.63, 3.8) is 0 Å². The predicted octanol–water partition coefficient (Wildman–Crippen LogP) is 1.32. The number of amides is 2. The number of carbonyl (C=O) groups is 3. The molecular formula is C18H24N2O5. The molecule has 0 saturated heterocycles. The molecule has 7 nitrogen and oxygen atoms in total. The lowest BCUT2D eigenvalue weighted by Gasteiger charge is -2.12. The highest BCUT2D eigenvalue weighted by atomic mass is 16.5. The van der Waals surface area contributed by atoms with Crippen molar-refractivity contribution in [1.82, 2.24) is 10.6 Å². The van der Waals surface area contributed by atoms with Crippen molar-refractivity contribution in [3.8, 4) is 5.75 Å². The fraction of sp³-hybridized carbons (Fsp3) is 0.500. The predicted molar refractivity (Wildman–Crippen MR) is 90.9 cm³/mol. The van der Waals surface area contributed by atoms with E-state index in [1.807, 2.05) is 13.0 Å². The van der Waals surface area contributed by atoms with Crippen LogP contribution in [0.25, 0.3) is 0 Å². The number of rotatable bonds is 8. The second-order valence-corrected chi connectivity index (χ2v) is 6.15. The summed E-state index contributed by atoms with van der Waals surface area (Å²) in [5, 5.41) is 14.5. The minimum absolute atomic E-state index is 0.0533. The zero-order chi connectivity index (χ0) is 18.2. The Balaban J connectivity index is 1.80. The SMILES string of the molecule is CCNC(=O)COc1cccc(CNC(=O)[C@@H]2CC[C@H](C(=O)O)C2)c1. The number of benzene rings is 1. The number of carbonyl (C=O) groups excluding carboxylic acids is 2. The van der Waals surface area contributed by atoms with Crippen LogP contribution in [0.5, 0.6) is 5.75 Å². The lowest BCUT2D eigenvalue weighted by atomic mass is 10.0. The van der Waals surface area contributed by atoms with Gasteiger partial charge in [-0.05, 0) is 43.9 Å². The first-order valence-corrected chi connectivity index (χ1v) is 8.48. The average Bonchev–Trinajstić information content (AvgIpc) is 3.09. The van der Waals surface area contributed by atoms with Gasteiger partial charge in [-0.1, -0.05) is 12.1 Å². The van der Waals surface area contributed by atoms with E-state index < -0.39 is 11.9 Å². The van der Waals surface area contributed by atoms with Gasteiger partial charge in [0.2, 0.25) is 5.91 Å². The molecule has 1 saturated carbocycles. The van der Waals surface area contributed by atoms with E-state index in [-0.39, 0.29) is 24.3 Å². The number of ether oxygens (including phenoxy) is 1. The van der Waals surface area contributed by atoms with E-state index in [1.165, 1.54) is 0 Å². The van der Waals surface area contributed by atoms with Gasteiger partial charge in [-0.3, -0.25) is 14.4 Å². The molecule has 1 aromatic rings. The Hall–Kier alpha value is -2.57. The van der Waals surface area contributed by atoms with Crippen LogP contribution in [0.2, 0.25) is 0 Å². The van der Waals surface area contributed by atoms with Crippen molar-refractivity contribution in [3.05, 3.63) is 29.8 Å². The molecule has 1 fully saturated rings. The van der Waals surface area contributed by atoms with Crippen molar-refractivity contribution in [2.24, 2.45) is 11.8 Å². The first-order chi connectivity index (χ1) is 12.0. The smallest absolute Gasteiger partial charge is 0.306 e. The van der Waals surface area contributed by atoms with Crippen LogP contribution >= 0.6 is 0 Å². The summed E-state index contributed by atoms with van der Waals surface area (Å²) < 4.78 is 5.42. The quantitative estimate of drug-likeness (QED) is 0.657. The van der Waals surface area contributed by atoms with Gasteiger partial charge in [0.05, 0.1) is 5.92 Å². The highest BCUT2D eigenvalue weighted by Crippen LogP contribution is 2.31. The summed E-state index contributed by atoms with van der Waals surface area (Å²) in [5.74, 6) is -1.22. The standard InChI is InChI=1S/C18H24N2O5/c1-2-19-16(21)11-25-15-5-3-4-12(8-15)10-20-17(22)13-6-7-14(9-13)18(23)24/h3-5,8,13-14H,2,6-7,9-11H2,1H3,(H,19,21)(H,20,22)(H,23,24)/t13-,14+/m1/s1. The van der Waals surface area contributed by atoms with E-state index in [2.05, 4.69) is 10.6 Å². The molecule has 2 rings (SSSR count). The Morgan fingerprint density at radius 2 is 1.96 bits per heavy atom. The van der Waals surface area contributed by atoms with E-state index in [4.69, 9.17) is 9.84 Å². The maximum Gasteiger partial charge on any atom is 0.306 e. The highest BCUT2D eigenvalue weighted by Gasteiger charge is 2.33. The maximum atomic E-state index is 12.2. The second-order valence-electron chi connectivity index (χ2n) is 6.15. The fourth-order valence-corrected chi connectivity index (χ4v) is 2.92. The van der Waals surface area contributed by atoms with Gasteiger partial charge in [0, 0.05) is 19.0 Å². The molecule has 1 aromatic carbocycles. The number of hydrogen-bond donors (Lipinski definition) is 3. The van der Waals surface area contributed by atoms with E-state index in [1.54, 1.807) is 18.2 Å². The van der Waals surface area contributed by atoms with Gasteiger partial charge in [0.25, 0.3) is 5.91 Å². The Bertz CT molecular complexity index is 632. The van der Waals surface area contributed by atoms with Gasteiger partial charge in [-0.25, -0.2) is 0 Å². The van der Waals surface area contributed by atoms with Crippen LogP contribution in [0.15, 0.2) is 24.3 Å². The normalized spacial score (nSPS) is 19.2. The maximum absolute atomic E-state index is 12.2. The summed E-state index contributed by atoms with van der Waals surface area (Å²) in [6.45, 7) is 2.68. The monoisotopic (exact) mass is 348 g/mol. The molecule has 0 unspecified atom stereocenters. The van der Waals surface area contributed by atoms with E-state index in [0.29, 0.717) is 38.1 Å². The summed E-state index contributed by atoms with van der Waals surface area (Å²) in [6, 6.07) is 7.17. The van der Waals surface area contributed by atoms with Crippen LogP contribution in [-0.4, -0.2) is 36.0 Å². The van der Waals surface area contributed by atoms with Gasteiger partial charge in [-0.2, -0.15) is 0 Å². The molecular weight excluding hydrogens is 324 g/mol. The molecule has 2 amide bonds. The van der Waals surface area contributed by atoms with E-state index in [0.717, 1.165) is 5.56 Å². The molecule has 2 atom stereocenters. The molecule has 3 N–H and O–H groups in total. The lowest BCUT2D eigenvalue weighted by molar-refractivity contribution is -0.141. The molecule has 0 bridgehead atoms. The van der Waals surface area contributed by atoms with Gasteiger partial charge in [0.1, 0.15) is 5.75 Å². The molecule has 0 radical (unpaired) electrons. The second kappa shape index (κ2) is 9.05. The molecule has 25 heavy (non-hydrogen) atoms. The Labute approximate surface area is 146 Å². The molecule has 0 spiro atoms. The van der Waals surface area contributed by atoms with E-state index >= 15 is 0 Å². The zero-order valence-electron chi connectivity index (χ0n) is 14.3. The lowest BCUT2D eigenvalue weighted by Crippen LogP contribution is -2.29. The molecule has 0 aliphatic heterocycles. The van der Waals surface area contributed by atoms with Crippen molar-refractivity contribution < 1.29 is 24.2 Å². The van der Waals surface area contributed by atoms with Crippen LogP contribution in [-0.2, 0) is 20.9 Å². The van der Waals surface area contributed by atoms with Crippen molar-refractivity contribution in [2.75, 3.05) is 13.2 Å². The van der Waals surface area contributed by atoms with Gasteiger partial charge < -0.3 is 20.5 Å². The molecule has 0 aromatic heterocycles. The number of likely N-dealkylation sites (N-methyl/N-ethyl adjacent to an activating group) is 1. The third-order valence-electron chi connectivity index (χ3n) is 4.26. The van der Waals surface area contributed by atoms with Crippen LogP contribution in [0, 0.1) is 11.8 Å². The van der Waals surface area contributed by atoms with Crippen molar-refractivity contribution >= 4 is 17.8 Å². The van der Waals surface area contributed by atoms with Crippen LogP contribution < -0.4 is 15.4 Å². The molecule has 0 heterocycles. The van der Waals surface area contributed by atoms with Crippen LogP contribution in [0.4, 0.5) is 0 Å². The first-order valence-electron chi connectivity index (χ1n) is 8.48. The first kappa shape index (κ1) is 18.8. The molecule has 7 heteroatoms. The minimum atomic E-state index is -0.827. The number of hydrogen-bond acceptors (Lipinski definition) is 4. The van der Waals surface area contributed by atoms with Gasteiger partial charge >= 0.3 is 5.97 Å². The van der Waals surface area contributed by atoms with Crippen LogP contribution in [0.3, 0.4) is 0 Å². The number of aliphatic carboxylic acids is 1. The third-order valence-corrected chi connectivity index (χ3v) is 4.26. The van der Waals surface area contributed by atoms with Crippen molar-refractivity contribution in [2.45, 2.75) is 32.7 Å². The number of carboxylic acid groups (broad SMARTS) is 1. The summed E-state index contributed by atoms with van der Waals surface area (Å²) in [5.41, 5.74) is 0.856. The van der Waals surface area contributed by atoms with Crippen LogP contribution in [0.1, 0.15) is 31.7 Å². The number of carboxylic acids is 1. The topological polar surface area (TPSA) is 105 Å². The largest absolute Gasteiger partial charge is 0.484 e. The molecule has 136 valence electrons. The fourth-order valence-electron chi connectivity index (χ4n) is 2.92. The van der Waals surface area contributed by atoms with Gasteiger partial charge in [-0.15, -0.1) is 0 Å². The highest BCUT2D eigenvalue weighted by molar-refractivity contribution is 5.80. The average molecular weight is 348 g/mol. The Morgan fingerprint density at radius 1 is 1.20 bits per heavy atom. The Kier molecular flexibility index (Phi) is 6.80. The minimum Gasteiger partial charge on any atom is -0.484 e. The molecule has 1 aliphatic carbocycles. The summed E-state index contributed by atoms with van der Waals surface area (Å²) >= 11 is 0. The number of nitrogens with one attached hydrogen (secondary N) is 2. The summed E-state index contributed by atoms with van der Waals surface area (Å²) in [6.07, 6.45) is 1.56. The Morgan fingerprint density at radius 3 is 2.64 bits per heavy atom. The summed E-state index contributed by atoms with van der Waals surface area (Å²) in [4.78, 5) is 34.5. The molecule has 1 aliphatic rings.